The van der Waals surface area contributed by atoms with Gasteiger partial charge in [0.1, 0.15) is 17.3 Å². The number of carbonyl (C=O) groups excluding carboxylic acids is 1. The first-order valence-electron chi connectivity index (χ1n) is 4.14. The van der Waals surface area contributed by atoms with Gasteiger partial charge in [0.15, 0.2) is 6.29 Å². The van der Waals surface area contributed by atoms with Crippen LogP contribution in [0.15, 0.2) is 6.33 Å². The van der Waals surface area contributed by atoms with E-state index in [-0.39, 0.29) is 28.8 Å². The van der Waals surface area contributed by atoms with Crippen LogP contribution in [0.2, 0.25) is 5.15 Å². The van der Waals surface area contributed by atoms with Crippen molar-refractivity contribution < 1.29 is 13.2 Å². The molecule has 0 saturated carbocycles. The van der Waals surface area contributed by atoms with Crippen LogP contribution in [0.3, 0.4) is 0 Å². The molecule has 3 N–H and O–H groups in total. The zero-order valence-corrected chi connectivity index (χ0v) is 9.62. The Morgan fingerprint density at radius 3 is 2.75 bits per heavy atom. The van der Waals surface area contributed by atoms with E-state index in [4.69, 9.17) is 16.7 Å². The molecular weight excluding hydrogens is 256 g/mol. The van der Waals surface area contributed by atoms with Gasteiger partial charge in [-0.3, -0.25) is 4.79 Å². The van der Waals surface area contributed by atoms with Crippen LogP contribution in [0.4, 0.5) is 5.82 Å². The van der Waals surface area contributed by atoms with E-state index in [0.717, 1.165) is 6.33 Å². The molecule has 0 fully saturated rings. The van der Waals surface area contributed by atoms with Crippen LogP contribution in [0.1, 0.15) is 10.4 Å². The summed E-state index contributed by atoms with van der Waals surface area (Å²) in [6, 6.07) is 0. The molecule has 0 atom stereocenters. The van der Waals surface area contributed by atoms with Gasteiger partial charge in [0, 0.05) is 6.54 Å². The Kier molecular flexibility index (Phi) is 4.16. The zero-order valence-electron chi connectivity index (χ0n) is 8.05. The highest BCUT2D eigenvalue weighted by atomic mass is 35.5. The van der Waals surface area contributed by atoms with Crippen LogP contribution in [0.25, 0.3) is 0 Å². The van der Waals surface area contributed by atoms with Crippen LogP contribution < -0.4 is 10.5 Å². The number of hydrogen-bond donors (Lipinski definition) is 2. The molecule has 0 aromatic carbocycles. The standard InChI is InChI=1S/C7H9ClN4O3S/c8-6-5(3-13)7(12-4-11-6)10-1-2-16(9,14)15/h3-4H,1-2H2,(H2,9,14,15)(H,10,11,12). The second-order valence-corrected chi connectivity index (χ2v) is 4.93. The van der Waals surface area contributed by atoms with E-state index in [1.807, 2.05) is 0 Å². The summed E-state index contributed by atoms with van der Waals surface area (Å²) in [7, 11) is -3.55. The maximum absolute atomic E-state index is 10.7. The maximum atomic E-state index is 10.7. The largest absolute Gasteiger partial charge is 0.368 e. The van der Waals surface area contributed by atoms with E-state index >= 15 is 0 Å². The molecule has 1 aromatic rings. The normalized spacial score (nSPS) is 11.1. The number of aldehydes is 1. The fourth-order valence-electron chi connectivity index (χ4n) is 0.931. The van der Waals surface area contributed by atoms with Gasteiger partial charge in [-0.2, -0.15) is 0 Å². The minimum atomic E-state index is -3.55. The molecule has 0 saturated heterocycles. The minimum absolute atomic E-state index is 0.00288. The van der Waals surface area contributed by atoms with Crippen molar-refractivity contribution in [2.24, 2.45) is 5.14 Å². The molecule has 1 heterocycles. The lowest BCUT2D eigenvalue weighted by molar-refractivity contribution is 0.112. The van der Waals surface area contributed by atoms with E-state index in [0.29, 0.717) is 6.29 Å². The van der Waals surface area contributed by atoms with Gasteiger partial charge in [-0.05, 0) is 0 Å². The number of nitrogens with zero attached hydrogens (tertiary/aromatic N) is 2. The van der Waals surface area contributed by atoms with Crippen molar-refractivity contribution in [3.63, 3.8) is 0 Å². The first-order chi connectivity index (χ1) is 7.44. The average Bonchev–Trinajstić information content (AvgIpc) is 2.16. The van der Waals surface area contributed by atoms with Crippen molar-refractivity contribution in [1.82, 2.24) is 9.97 Å². The van der Waals surface area contributed by atoms with Crippen molar-refractivity contribution in [2.75, 3.05) is 17.6 Å². The van der Waals surface area contributed by atoms with Crippen LogP contribution >= 0.6 is 11.6 Å². The average molecular weight is 265 g/mol. The lowest BCUT2D eigenvalue weighted by Gasteiger charge is -2.06. The number of hydrogen-bond acceptors (Lipinski definition) is 6. The second-order valence-electron chi connectivity index (χ2n) is 2.84. The van der Waals surface area contributed by atoms with Gasteiger partial charge in [0.05, 0.1) is 11.3 Å². The summed E-state index contributed by atoms with van der Waals surface area (Å²) < 4.78 is 21.3. The van der Waals surface area contributed by atoms with Gasteiger partial charge in [-0.15, -0.1) is 0 Å². The Hall–Kier alpha value is -1.25. The topological polar surface area (TPSA) is 115 Å². The molecule has 9 heteroatoms. The van der Waals surface area contributed by atoms with Gasteiger partial charge in [0.2, 0.25) is 10.0 Å². The molecule has 88 valence electrons. The van der Waals surface area contributed by atoms with Crippen molar-refractivity contribution >= 4 is 33.7 Å². The monoisotopic (exact) mass is 264 g/mol. The minimum Gasteiger partial charge on any atom is -0.368 e. The molecule has 16 heavy (non-hydrogen) atoms. The summed E-state index contributed by atoms with van der Waals surface area (Å²) >= 11 is 5.63. The van der Waals surface area contributed by atoms with Gasteiger partial charge < -0.3 is 5.32 Å². The second kappa shape index (κ2) is 5.19. The lowest BCUT2D eigenvalue weighted by Crippen LogP contribution is -2.23. The van der Waals surface area contributed by atoms with Gasteiger partial charge in [0.25, 0.3) is 0 Å². The lowest BCUT2D eigenvalue weighted by atomic mass is 10.3. The van der Waals surface area contributed by atoms with Crippen molar-refractivity contribution in [3.05, 3.63) is 17.0 Å². The molecule has 0 aliphatic carbocycles. The number of sulfonamides is 1. The molecule has 0 unspecified atom stereocenters. The summed E-state index contributed by atoms with van der Waals surface area (Å²) in [5, 5.41) is 7.44. The summed E-state index contributed by atoms with van der Waals surface area (Å²) in [4.78, 5) is 18.0. The smallest absolute Gasteiger partial charge is 0.210 e. The maximum Gasteiger partial charge on any atom is 0.210 e. The molecule has 0 radical (unpaired) electrons. The first kappa shape index (κ1) is 12.8. The molecular formula is C7H9ClN4O3S. The predicted octanol–water partition coefficient (Wildman–Crippen LogP) is -0.357. The number of anilines is 1. The third kappa shape index (κ3) is 3.72. The van der Waals surface area contributed by atoms with Crippen LogP contribution in [-0.4, -0.2) is 37.0 Å². The molecule has 1 aromatic heterocycles. The van der Waals surface area contributed by atoms with Gasteiger partial charge >= 0.3 is 0 Å². The van der Waals surface area contributed by atoms with E-state index in [1.54, 1.807) is 0 Å². The Labute approximate surface area is 97.1 Å². The number of nitrogens with one attached hydrogen (secondary N) is 1. The highest BCUT2D eigenvalue weighted by molar-refractivity contribution is 7.89. The number of primary sulfonamides is 1. The predicted molar refractivity (Wildman–Crippen MR) is 58.9 cm³/mol. The van der Waals surface area contributed by atoms with E-state index in [2.05, 4.69) is 15.3 Å². The number of rotatable bonds is 5. The fraction of sp³-hybridized carbons (Fsp3) is 0.286. The van der Waals surface area contributed by atoms with Gasteiger partial charge in [-0.1, -0.05) is 11.6 Å². The number of nitrogens with two attached hydrogens (primary N) is 1. The molecule has 7 nitrogen and oxygen atoms in total. The Morgan fingerprint density at radius 1 is 1.50 bits per heavy atom. The molecule has 0 aliphatic heterocycles. The Bertz CT molecular complexity index is 490. The summed E-state index contributed by atoms with van der Waals surface area (Å²) in [5.41, 5.74) is 0.0820. The highest BCUT2D eigenvalue weighted by Crippen LogP contribution is 2.16. The van der Waals surface area contributed by atoms with Crippen LogP contribution in [0, 0.1) is 0 Å². The SMILES string of the molecule is NS(=O)(=O)CCNc1ncnc(Cl)c1C=O. The summed E-state index contributed by atoms with van der Waals surface area (Å²) in [5.74, 6) is -0.0916. The van der Waals surface area contributed by atoms with Crippen molar-refractivity contribution in [3.8, 4) is 0 Å². The molecule has 0 amide bonds. The van der Waals surface area contributed by atoms with Crippen LogP contribution in [0.5, 0.6) is 0 Å². The molecule has 0 spiro atoms. The third-order valence-electron chi connectivity index (χ3n) is 1.63. The highest BCUT2D eigenvalue weighted by Gasteiger charge is 2.09. The van der Waals surface area contributed by atoms with E-state index in [9.17, 15) is 13.2 Å². The summed E-state index contributed by atoms with van der Waals surface area (Å²) in [6.07, 6.45) is 1.65. The molecule has 0 aliphatic rings. The van der Waals surface area contributed by atoms with Crippen molar-refractivity contribution in [1.29, 1.82) is 0 Å². The van der Waals surface area contributed by atoms with Crippen molar-refractivity contribution in [2.45, 2.75) is 0 Å². The fourth-order valence-corrected chi connectivity index (χ4v) is 1.50. The number of carbonyl (C=O) groups is 1. The summed E-state index contributed by atoms with van der Waals surface area (Å²) in [6.45, 7) is 0.0347. The van der Waals surface area contributed by atoms with E-state index < -0.39 is 10.0 Å². The first-order valence-corrected chi connectivity index (χ1v) is 6.23. The van der Waals surface area contributed by atoms with Gasteiger partial charge in [-0.25, -0.2) is 23.5 Å². The zero-order chi connectivity index (χ0) is 12.2. The molecule has 0 bridgehead atoms. The van der Waals surface area contributed by atoms with Crippen LogP contribution in [-0.2, 0) is 10.0 Å². The quantitative estimate of drug-likeness (QED) is 0.554. The third-order valence-corrected chi connectivity index (χ3v) is 2.71. The Balaban J connectivity index is 2.74. The Morgan fingerprint density at radius 2 is 2.19 bits per heavy atom. The number of halogens is 1. The number of aromatic nitrogens is 2. The molecule has 1 rings (SSSR count). The van der Waals surface area contributed by atoms with E-state index in [1.165, 1.54) is 0 Å².